The minimum absolute atomic E-state index is 0.0256. The molecule has 2 N–H and O–H groups in total. The maximum Gasteiger partial charge on any atom is 0.138 e. The molecule has 1 saturated carbocycles. The van der Waals surface area contributed by atoms with E-state index >= 15 is 0 Å². The van der Waals surface area contributed by atoms with Crippen LogP contribution in [0.1, 0.15) is 65.1 Å². The summed E-state index contributed by atoms with van der Waals surface area (Å²) in [6.07, 6.45) is 6.57. The molecule has 3 heteroatoms. The number of hydrogen-bond donors (Lipinski definition) is 1. The molecule has 2 rings (SSSR count). The van der Waals surface area contributed by atoms with Crippen molar-refractivity contribution in [1.29, 1.82) is 0 Å². The van der Waals surface area contributed by atoms with Gasteiger partial charge in [-0.1, -0.05) is 27.7 Å². The van der Waals surface area contributed by atoms with E-state index in [0.29, 0.717) is 11.5 Å². The molecule has 0 aliphatic heterocycles. The normalized spacial score (nSPS) is 27.1. The van der Waals surface area contributed by atoms with Crippen molar-refractivity contribution in [2.24, 2.45) is 17.1 Å². The van der Waals surface area contributed by atoms with Gasteiger partial charge in [0.25, 0.3) is 0 Å². The number of nitrogens with zero attached hydrogens (tertiary/aromatic N) is 1. The van der Waals surface area contributed by atoms with Crippen LogP contribution in [0.5, 0.6) is 5.75 Å². The Bertz CT molecular complexity index is 427. The molecule has 0 saturated heterocycles. The molecule has 20 heavy (non-hydrogen) atoms. The third-order valence-electron chi connectivity index (χ3n) is 4.23. The summed E-state index contributed by atoms with van der Waals surface area (Å²) < 4.78 is 6.13. The minimum Gasteiger partial charge on any atom is -0.489 e. The molecule has 1 fully saturated rings. The van der Waals surface area contributed by atoms with Gasteiger partial charge in [0.05, 0.1) is 18.0 Å². The lowest BCUT2D eigenvalue weighted by Crippen LogP contribution is -2.34. The molecule has 0 spiro atoms. The van der Waals surface area contributed by atoms with Crippen LogP contribution in [0.2, 0.25) is 0 Å². The number of pyridine rings is 1. The van der Waals surface area contributed by atoms with Crippen molar-refractivity contribution in [2.75, 3.05) is 0 Å². The number of aromatic nitrogens is 1. The Morgan fingerprint density at radius 1 is 1.40 bits per heavy atom. The quantitative estimate of drug-likeness (QED) is 0.901. The Balaban J connectivity index is 1.99. The highest BCUT2D eigenvalue weighted by Crippen LogP contribution is 2.39. The van der Waals surface area contributed by atoms with Gasteiger partial charge in [0.15, 0.2) is 0 Å². The molecule has 112 valence electrons. The third kappa shape index (κ3) is 3.95. The monoisotopic (exact) mass is 276 g/mol. The first kappa shape index (κ1) is 15.3. The van der Waals surface area contributed by atoms with E-state index < -0.39 is 0 Å². The first-order valence-electron chi connectivity index (χ1n) is 7.78. The Kier molecular flexibility index (Phi) is 4.69. The maximum atomic E-state index is 6.13. The predicted molar refractivity (Wildman–Crippen MR) is 82.7 cm³/mol. The first-order chi connectivity index (χ1) is 9.39. The lowest BCUT2D eigenvalue weighted by Gasteiger charge is -2.38. The van der Waals surface area contributed by atoms with Crippen LogP contribution in [0.4, 0.5) is 0 Å². The molecule has 0 amide bonds. The van der Waals surface area contributed by atoms with E-state index in [1.165, 1.54) is 6.42 Å². The van der Waals surface area contributed by atoms with Gasteiger partial charge in [-0.15, -0.1) is 0 Å². The van der Waals surface area contributed by atoms with Crippen LogP contribution in [0.3, 0.4) is 0 Å². The fraction of sp³-hybridized carbons (Fsp3) is 0.706. The maximum absolute atomic E-state index is 6.13. The molecule has 1 heterocycles. The van der Waals surface area contributed by atoms with Crippen LogP contribution in [-0.4, -0.2) is 11.1 Å². The van der Waals surface area contributed by atoms with Crippen molar-refractivity contribution in [3.05, 3.63) is 24.0 Å². The van der Waals surface area contributed by atoms with Crippen LogP contribution in [-0.2, 0) is 0 Å². The second kappa shape index (κ2) is 6.13. The molecular weight excluding hydrogens is 248 g/mol. The molecule has 3 atom stereocenters. The number of hydrogen-bond acceptors (Lipinski definition) is 3. The summed E-state index contributed by atoms with van der Waals surface area (Å²) >= 11 is 0. The molecule has 1 aromatic heterocycles. The van der Waals surface area contributed by atoms with Gasteiger partial charge in [0, 0.05) is 6.04 Å². The van der Waals surface area contributed by atoms with Crippen molar-refractivity contribution in [2.45, 2.75) is 65.5 Å². The molecule has 1 aliphatic carbocycles. The van der Waals surface area contributed by atoms with Crippen molar-refractivity contribution >= 4 is 0 Å². The summed E-state index contributed by atoms with van der Waals surface area (Å²) in [5.74, 6) is 1.59. The fourth-order valence-electron chi connectivity index (χ4n) is 3.43. The zero-order valence-corrected chi connectivity index (χ0v) is 13.2. The minimum atomic E-state index is 0.0256. The van der Waals surface area contributed by atoms with Gasteiger partial charge in [-0.05, 0) is 49.1 Å². The van der Waals surface area contributed by atoms with E-state index in [9.17, 15) is 0 Å². The van der Waals surface area contributed by atoms with Crippen molar-refractivity contribution in [3.8, 4) is 5.75 Å². The molecule has 1 aromatic rings. The standard InChI is InChI=1S/C17H28N2O/c1-5-15(18)16-7-6-13(11-19-16)20-14-8-12(2)9-17(3,4)10-14/h6-7,11-12,14-15H,5,8-10,18H2,1-4H3/t12?,14?,15-/m1/s1. The predicted octanol–water partition coefficient (Wildman–Crippen LogP) is 4.09. The van der Waals surface area contributed by atoms with Gasteiger partial charge in [-0.3, -0.25) is 4.98 Å². The van der Waals surface area contributed by atoms with Gasteiger partial charge >= 0.3 is 0 Å². The number of rotatable bonds is 4. The average Bonchev–Trinajstić information content (AvgIpc) is 2.36. The van der Waals surface area contributed by atoms with Gasteiger partial charge < -0.3 is 10.5 Å². The first-order valence-corrected chi connectivity index (χ1v) is 7.78. The molecule has 0 aromatic carbocycles. The lowest BCUT2D eigenvalue weighted by atomic mass is 9.71. The Hall–Kier alpha value is -1.09. The summed E-state index contributed by atoms with van der Waals surface area (Å²) in [5.41, 5.74) is 7.30. The zero-order chi connectivity index (χ0) is 14.8. The highest BCUT2D eigenvalue weighted by Gasteiger charge is 2.33. The molecule has 0 bridgehead atoms. The van der Waals surface area contributed by atoms with Gasteiger partial charge in [0.2, 0.25) is 0 Å². The summed E-state index contributed by atoms with van der Waals surface area (Å²) in [6.45, 7) is 9.06. The molecule has 2 unspecified atom stereocenters. The average molecular weight is 276 g/mol. The van der Waals surface area contributed by atoms with E-state index in [1.54, 1.807) is 0 Å². The summed E-state index contributed by atoms with van der Waals surface area (Å²) in [7, 11) is 0. The summed E-state index contributed by atoms with van der Waals surface area (Å²) in [6, 6.07) is 4.02. The fourth-order valence-corrected chi connectivity index (χ4v) is 3.43. The van der Waals surface area contributed by atoms with Gasteiger partial charge in [-0.2, -0.15) is 0 Å². The smallest absolute Gasteiger partial charge is 0.138 e. The summed E-state index contributed by atoms with van der Waals surface area (Å²) in [4.78, 5) is 4.42. The van der Waals surface area contributed by atoms with Crippen LogP contribution in [0, 0.1) is 11.3 Å². The Morgan fingerprint density at radius 2 is 2.15 bits per heavy atom. The highest BCUT2D eigenvalue weighted by molar-refractivity contribution is 5.21. The van der Waals surface area contributed by atoms with E-state index in [2.05, 4.69) is 32.7 Å². The lowest BCUT2D eigenvalue weighted by molar-refractivity contribution is 0.0560. The number of ether oxygens (including phenoxy) is 1. The van der Waals surface area contributed by atoms with Crippen LogP contribution in [0.15, 0.2) is 18.3 Å². The van der Waals surface area contributed by atoms with E-state index in [0.717, 1.165) is 36.6 Å². The van der Waals surface area contributed by atoms with Crippen molar-refractivity contribution in [1.82, 2.24) is 4.98 Å². The zero-order valence-electron chi connectivity index (χ0n) is 13.2. The van der Waals surface area contributed by atoms with Crippen LogP contribution < -0.4 is 10.5 Å². The molecule has 1 aliphatic rings. The van der Waals surface area contributed by atoms with E-state index in [4.69, 9.17) is 10.5 Å². The van der Waals surface area contributed by atoms with Gasteiger partial charge in [0.1, 0.15) is 5.75 Å². The molecular formula is C17H28N2O. The highest BCUT2D eigenvalue weighted by atomic mass is 16.5. The molecule has 0 radical (unpaired) electrons. The Labute approximate surface area is 122 Å². The SMILES string of the molecule is CC[C@@H](N)c1ccc(OC2CC(C)CC(C)(C)C2)cn1. The summed E-state index contributed by atoms with van der Waals surface area (Å²) in [5, 5.41) is 0. The topological polar surface area (TPSA) is 48.1 Å². The van der Waals surface area contributed by atoms with E-state index in [1.807, 2.05) is 18.3 Å². The Morgan fingerprint density at radius 3 is 2.70 bits per heavy atom. The second-order valence-electron chi connectivity index (χ2n) is 7.09. The second-order valence-corrected chi connectivity index (χ2v) is 7.09. The van der Waals surface area contributed by atoms with Crippen LogP contribution in [0.25, 0.3) is 0 Å². The third-order valence-corrected chi connectivity index (χ3v) is 4.23. The molecule has 3 nitrogen and oxygen atoms in total. The van der Waals surface area contributed by atoms with Crippen LogP contribution >= 0.6 is 0 Å². The van der Waals surface area contributed by atoms with Crippen molar-refractivity contribution < 1.29 is 4.74 Å². The largest absolute Gasteiger partial charge is 0.489 e. The van der Waals surface area contributed by atoms with E-state index in [-0.39, 0.29) is 6.04 Å². The van der Waals surface area contributed by atoms with Crippen molar-refractivity contribution in [3.63, 3.8) is 0 Å². The number of nitrogens with two attached hydrogens (primary N) is 1. The van der Waals surface area contributed by atoms with Gasteiger partial charge in [-0.25, -0.2) is 0 Å².